The van der Waals surface area contributed by atoms with E-state index in [-0.39, 0.29) is 4.21 Å². The van der Waals surface area contributed by atoms with Crippen LogP contribution in [0.15, 0.2) is 58.1 Å². The van der Waals surface area contributed by atoms with Crippen molar-refractivity contribution in [2.45, 2.75) is 11.1 Å². The molecule has 0 bridgehead atoms. The third-order valence-corrected chi connectivity index (χ3v) is 5.74. The number of hydrogen-bond donors (Lipinski definition) is 3. The summed E-state index contributed by atoms with van der Waals surface area (Å²) in [6.07, 6.45) is 0. The highest BCUT2D eigenvalue weighted by atomic mass is 32.2. The van der Waals surface area contributed by atoms with Crippen LogP contribution in [0.1, 0.15) is 6.92 Å². The second-order valence-electron chi connectivity index (χ2n) is 4.85. The summed E-state index contributed by atoms with van der Waals surface area (Å²) in [6, 6.07) is 10.2. The van der Waals surface area contributed by atoms with Gasteiger partial charge in [-0.25, -0.2) is 8.42 Å². The van der Waals surface area contributed by atoms with Crippen molar-refractivity contribution in [1.82, 2.24) is 5.32 Å². The molecular formula is C15H17N3O2S3. The number of nitrogens with one attached hydrogen (secondary N) is 3. The lowest BCUT2D eigenvalue weighted by Crippen LogP contribution is -2.30. The van der Waals surface area contributed by atoms with Crippen molar-refractivity contribution in [3.05, 3.63) is 53.9 Å². The first kappa shape index (κ1) is 17.5. The van der Waals surface area contributed by atoms with Crippen molar-refractivity contribution in [1.29, 1.82) is 0 Å². The zero-order valence-corrected chi connectivity index (χ0v) is 14.9. The normalized spacial score (nSPS) is 10.8. The van der Waals surface area contributed by atoms with Gasteiger partial charge in [0.2, 0.25) is 0 Å². The van der Waals surface area contributed by atoms with Crippen LogP contribution in [0.4, 0.5) is 11.4 Å². The van der Waals surface area contributed by atoms with Crippen molar-refractivity contribution < 1.29 is 8.42 Å². The molecule has 5 nitrogen and oxygen atoms in total. The van der Waals surface area contributed by atoms with Crippen molar-refractivity contribution in [3.63, 3.8) is 0 Å². The summed E-state index contributed by atoms with van der Waals surface area (Å²) in [6.45, 7) is 6.23. The van der Waals surface area contributed by atoms with Gasteiger partial charge in [-0.2, -0.15) is 0 Å². The summed E-state index contributed by atoms with van der Waals surface area (Å²) >= 11 is 6.36. The molecule has 0 radical (unpaired) electrons. The lowest BCUT2D eigenvalue weighted by molar-refractivity contribution is 0.603. The molecule has 1 aromatic carbocycles. The van der Waals surface area contributed by atoms with Crippen molar-refractivity contribution in [2.75, 3.05) is 16.6 Å². The van der Waals surface area contributed by atoms with Gasteiger partial charge in [-0.15, -0.1) is 11.3 Å². The van der Waals surface area contributed by atoms with Gasteiger partial charge in [0, 0.05) is 6.54 Å². The number of rotatable bonds is 6. The summed E-state index contributed by atoms with van der Waals surface area (Å²) in [7, 11) is -3.60. The van der Waals surface area contributed by atoms with Gasteiger partial charge in [-0.05, 0) is 42.7 Å². The van der Waals surface area contributed by atoms with Crippen LogP contribution in [-0.4, -0.2) is 20.1 Å². The average Bonchev–Trinajstić information content (AvgIpc) is 3.02. The predicted octanol–water partition coefficient (Wildman–Crippen LogP) is 3.41. The molecule has 0 unspecified atom stereocenters. The molecule has 0 fully saturated rings. The van der Waals surface area contributed by atoms with Gasteiger partial charge in [0.25, 0.3) is 10.0 Å². The van der Waals surface area contributed by atoms with E-state index in [1.807, 2.05) is 6.92 Å². The molecule has 0 saturated heterocycles. The maximum absolute atomic E-state index is 12.3. The lowest BCUT2D eigenvalue weighted by Gasteiger charge is -2.15. The largest absolute Gasteiger partial charge is 0.359 e. The van der Waals surface area contributed by atoms with Gasteiger partial charge >= 0.3 is 0 Å². The molecule has 2 aromatic rings. The zero-order chi connectivity index (χ0) is 16.9. The van der Waals surface area contributed by atoms with Gasteiger partial charge < -0.3 is 10.6 Å². The summed E-state index contributed by atoms with van der Waals surface area (Å²) in [4.78, 5) is 0. The molecule has 0 saturated carbocycles. The van der Waals surface area contributed by atoms with Crippen molar-refractivity contribution >= 4 is 50.1 Å². The van der Waals surface area contributed by atoms with Crippen LogP contribution in [0.3, 0.4) is 0 Å². The molecule has 0 atom stereocenters. The molecule has 0 aliphatic carbocycles. The Bertz CT molecular complexity index is 799. The number of para-hydroxylation sites is 2. The molecular weight excluding hydrogens is 350 g/mol. The van der Waals surface area contributed by atoms with Gasteiger partial charge in [0.15, 0.2) is 5.11 Å². The Hall–Kier alpha value is -1.90. The van der Waals surface area contributed by atoms with Gasteiger partial charge in [0.05, 0.1) is 11.4 Å². The Kier molecular flexibility index (Phi) is 5.75. The third-order valence-electron chi connectivity index (χ3n) is 2.73. The van der Waals surface area contributed by atoms with Crippen LogP contribution in [-0.2, 0) is 10.0 Å². The van der Waals surface area contributed by atoms with Crippen LogP contribution in [0.5, 0.6) is 0 Å². The smallest absolute Gasteiger partial charge is 0.271 e. The van der Waals surface area contributed by atoms with Crippen LogP contribution in [0.25, 0.3) is 0 Å². The number of thiocarbonyl (C=S) groups is 1. The molecule has 8 heteroatoms. The number of benzene rings is 1. The van der Waals surface area contributed by atoms with Crippen LogP contribution in [0.2, 0.25) is 0 Å². The van der Waals surface area contributed by atoms with E-state index < -0.39 is 10.0 Å². The fraction of sp³-hybridized carbons (Fsp3) is 0.133. The van der Waals surface area contributed by atoms with Gasteiger partial charge in [-0.3, -0.25) is 4.72 Å². The van der Waals surface area contributed by atoms with E-state index in [1.54, 1.807) is 41.8 Å². The van der Waals surface area contributed by atoms with E-state index in [0.29, 0.717) is 23.0 Å². The first-order valence-corrected chi connectivity index (χ1v) is 9.50. The minimum Gasteiger partial charge on any atom is -0.359 e. The topological polar surface area (TPSA) is 70.2 Å². The summed E-state index contributed by atoms with van der Waals surface area (Å²) in [5.74, 6) is 0. The zero-order valence-electron chi connectivity index (χ0n) is 12.5. The first-order chi connectivity index (χ1) is 10.9. The number of hydrogen-bond acceptors (Lipinski definition) is 4. The number of thiophene rings is 1. The molecule has 1 aromatic heterocycles. The average molecular weight is 368 g/mol. The fourth-order valence-electron chi connectivity index (χ4n) is 1.69. The molecule has 122 valence electrons. The fourth-order valence-corrected chi connectivity index (χ4v) is 3.94. The molecule has 0 aliphatic heterocycles. The first-order valence-electron chi connectivity index (χ1n) is 6.73. The molecule has 0 spiro atoms. The van der Waals surface area contributed by atoms with E-state index in [1.165, 1.54) is 0 Å². The highest BCUT2D eigenvalue weighted by Crippen LogP contribution is 2.26. The van der Waals surface area contributed by atoms with Crippen LogP contribution >= 0.6 is 23.6 Å². The maximum Gasteiger partial charge on any atom is 0.271 e. The van der Waals surface area contributed by atoms with Gasteiger partial charge in [0.1, 0.15) is 4.21 Å². The molecule has 0 amide bonds. The van der Waals surface area contributed by atoms with E-state index >= 15 is 0 Å². The summed E-state index contributed by atoms with van der Waals surface area (Å²) in [5.41, 5.74) is 1.95. The summed E-state index contributed by atoms with van der Waals surface area (Å²) < 4.78 is 27.5. The monoisotopic (exact) mass is 367 g/mol. The van der Waals surface area contributed by atoms with Crippen molar-refractivity contribution in [3.8, 4) is 0 Å². The predicted molar refractivity (Wildman–Crippen MR) is 101 cm³/mol. The minimum atomic E-state index is -3.60. The van der Waals surface area contributed by atoms with E-state index in [9.17, 15) is 8.42 Å². The van der Waals surface area contributed by atoms with E-state index in [4.69, 9.17) is 12.2 Å². The quantitative estimate of drug-likeness (QED) is 0.539. The van der Waals surface area contributed by atoms with Crippen molar-refractivity contribution in [2.24, 2.45) is 0 Å². The second-order valence-corrected chi connectivity index (χ2v) is 8.11. The van der Waals surface area contributed by atoms with E-state index in [2.05, 4.69) is 21.9 Å². The highest BCUT2D eigenvalue weighted by molar-refractivity contribution is 7.94. The third kappa shape index (κ3) is 5.05. The van der Waals surface area contributed by atoms with Crippen LogP contribution in [0, 0.1) is 0 Å². The Balaban J connectivity index is 2.15. The lowest BCUT2D eigenvalue weighted by atomic mass is 10.3. The molecule has 23 heavy (non-hydrogen) atoms. The Labute approximate surface area is 145 Å². The highest BCUT2D eigenvalue weighted by Gasteiger charge is 2.17. The SMILES string of the molecule is C=C(C)CNC(=S)Nc1ccccc1NS(=O)(=O)c1cccs1. The number of sulfonamides is 1. The Morgan fingerprint density at radius 1 is 1.22 bits per heavy atom. The Morgan fingerprint density at radius 2 is 1.91 bits per heavy atom. The standard InChI is InChI=1S/C15H17N3O2S3/c1-11(2)10-16-15(21)17-12-6-3-4-7-13(12)18-23(19,20)14-8-5-9-22-14/h3-9,18H,1,10H2,2H3,(H2,16,17,21). The number of anilines is 2. The maximum atomic E-state index is 12.3. The van der Waals surface area contributed by atoms with Gasteiger partial charge in [-0.1, -0.05) is 30.4 Å². The molecule has 3 N–H and O–H groups in total. The minimum absolute atomic E-state index is 0.260. The van der Waals surface area contributed by atoms with Crippen LogP contribution < -0.4 is 15.4 Å². The second kappa shape index (κ2) is 7.58. The Morgan fingerprint density at radius 3 is 2.52 bits per heavy atom. The summed E-state index contributed by atoms with van der Waals surface area (Å²) in [5, 5.41) is 8.10. The molecule has 1 heterocycles. The molecule has 0 aliphatic rings. The molecule has 2 rings (SSSR count). The van der Waals surface area contributed by atoms with E-state index in [0.717, 1.165) is 16.9 Å².